The van der Waals surface area contributed by atoms with Gasteiger partial charge in [0.05, 0.1) is 18.8 Å². The maximum absolute atomic E-state index is 5.91. The Morgan fingerprint density at radius 2 is 2.21 bits per heavy atom. The molecule has 0 aliphatic carbocycles. The van der Waals surface area contributed by atoms with Gasteiger partial charge in [0.25, 0.3) is 0 Å². The Hall–Kier alpha value is -1.26. The quantitative estimate of drug-likeness (QED) is 0.888. The molecule has 0 saturated carbocycles. The molecule has 0 aromatic heterocycles. The van der Waals surface area contributed by atoms with Gasteiger partial charge in [-0.15, -0.1) is 0 Å². The van der Waals surface area contributed by atoms with Crippen LogP contribution in [0.5, 0.6) is 11.5 Å². The summed E-state index contributed by atoms with van der Waals surface area (Å²) < 4.78 is 17.0. The fourth-order valence-electron chi connectivity index (χ4n) is 2.34. The molecular weight excluding hydrogens is 242 g/mol. The SMILES string of the molecule is COc1ccc(CN)c(OCC2CCC(C)(C)O2)c1. The highest BCUT2D eigenvalue weighted by molar-refractivity contribution is 5.40. The van der Waals surface area contributed by atoms with E-state index < -0.39 is 0 Å². The molecule has 2 N–H and O–H groups in total. The highest BCUT2D eigenvalue weighted by Crippen LogP contribution is 2.31. The highest BCUT2D eigenvalue weighted by atomic mass is 16.6. The first kappa shape index (κ1) is 14.2. The standard InChI is InChI=1S/C15H23NO3/c1-15(2)7-6-13(19-15)10-18-14-8-12(17-3)5-4-11(14)9-16/h4-5,8,13H,6-7,9-10,16H2,1-3H3. The molecule has 0 bridgehead atoms. The van der Waals surface area contributed by atoms with Gasteiger partial charge in [-0.25, -0.2) is 0 Å². The van der Waals surface area contributed by atoms with Crippen molar-refractivity contribution in [1.82, 2.24) is 0 Å². The first-order valence-electron chi connectivity index (χ1n) is 6.71. The zero-order valence-electron chi connectivity index (χ0n) is 11.9. The second-order valence-corrected chi connectivity index (χ2v) is 5.53. The van der Waals surface area contributed by atoms with Gasteiger partial charge in [0, 0.05) is 18.2 Å². The first-order chi connectivity index (χ1) is 9.04. The van der Waals surface area contributed by atoms with Gasteiger partial charge >= 0.3 is 0 Å². The van der Waals surface area contributed by atoms with Crippen molar-refractivity contribution >= 4 is 0 Å². The van der Waals surface area contributed by atoms with E-state index in [0.717, 1.165) is 29.9 Å². The van der Waals surface area contributed by atoms with Crippen molar-refractivity contribution in [2.45, 2.75) is 44.9 Å². The van der Waals surface area contributed by atoms with Crippen molar-refractivity contribution in [3.8, 4) is 11.5 Å². The van der Waals surface area contributed by atoms with Crippen LogP contribution in [-0.4, -0.2) is 25.4 Å². The van der Waals surface area contributed by atoms with Crippen LogP contribution >= 0.6 is 0 Å². The lowest BCUT2D eigenvalue weighted by Crippen LogP contribution is -2.24. The van der Waals surface area contributed by atoms with Crippen LogP contribution in [0.1, 0.15) is 32.3 Å². The fourth-order valence-corrected chi connectivity index (χ4v) is 2.34. The lowest BCUT2D eigenvalue weighted by molar-refractivity contribution is -0.0327. The number of hydrogen-bond acceptors (Lipinski definition) is 4. The van der Waals surface area contributed by atoms with Crippen LogP contribution in [0.2, 0.25) is 0 Å². The zero-order chi connectivity index (χ0) is 13.9. The molecule has 4 nitrogen and oxygen atoms in total. The van der Waals surface area contributed by atoms with Gasteiger partial charge in [-0.2, -0.15) is 0 Å². The lowest BCUT2D eigenvalue weighted by Gasteiger charge is -2.20. The summed E-state index contributed by atoms with van der Waals surface area (Å²) in [5.74, 6) is 1.56. The summed E-state index contributed by atoms with van der Waals surface area (Å²) in [6.45, 7) is 5.24. The number of nitrogens with two attached hydrogens (primary N) is 1. The minimum Gasteiger partial charge on any atom is -0.497 e. The first-order valence-corrected chi connectivity index (χ1v) is 6.71. The molecule has 4 heteroatoms. The topological polar surface area (TPSA) is 53.7 Å². The minimum atomic E-state index is -0.0287. The molecule has 1 saturated heterocycles. The Labute approximate surface area is 114 Å². The lowest BCUT2D eigenvalue weighted by atomic mass is 10.1. The number of rotatable bonds is 5. The van der Waals surface area contributed by atoms with Gasteiger partial charge in [-0.05, 0) is 32.8 Å². The molecule has 2 rings (SSSR count). The van der Waals surface area contributed by atoms with Crippen LogP contribution in [0.3, 0.4) is 0 Å². The number of hydrogen-bond donors (Lipinski definition) is 1. The van der Waals surface area contributed by atoms with Gasteiger partial charge in [0.1, 0.15) is 18.1 Å². The maximum Gasteiger partial charge on any atom is 0.127 e. The van der Waals surface area contributed by atoms with Crippen molar-refractivity contribution in [2.75, 3.05) is 13.7 Å². The zero-order valence-corrected chi connectivity index (χ0v) is 11.9. The summed E-state index contributed by atoms with van der Waals surface area (Å²) in [4.78, 5) is 0. The van der Waals surface area contributed by atoms with Crippen LogP contribution < -0.4 is 15.2 Å². The van der Waals surface area contributed by atoms with Gasteiger partial charge in [-0.1, -0.05) is 6.07 Å². The Morgan fingerprint density at radius 3 is 2.79 bits per heavy atom. The molecule has 106 valence electrons. The molecule has 1 aliphatic rings. The Morgan fingerprint density at radius 1 is 1.42 bits per heavy atom. The molecule has 1 fully saturated rings. The third-order valence-electron chi connectivity index (χ3n) is 3.47. The average molecular weight is 265 g/mol. The van der Waals surface area contributed by atoms with Crippen LogP contribution in [0.15, 0.2) is 18.2 Å². The number of ether oxygens (including phenoxy) is 3. The van der Waals surface area contributed by atoms with Crippen molar-refractivity contribution in [3.05, 3.63) is 23.8 Å². The number of benzene rings is 1. The summed E-state index contributed by atoms with van der Waals surface area (Å²) in [5, 5.41) is 0. The van der Waals surface area contributed by atoms with Gasteiger partial charge < -0.3 is 19.9 Å². The molecule has 1 aromatic carbocycles. The van der Waals surface area contributed by atoms with E-state index in [0.29, 0.717) is 13.2 Å². The van der Waals surface area contributed by atoms with E-state index >= 15 is 0 Å². The predicted octanol–water partition coefficient (Wildman–Crippen LogP) is 2.49. The summed E-state index contributed by atoms with van der Waals surface area (Å²) >= 11 is 0. The summed E-state index contributed by atoms with van der Waals surface area (Å²) in [5.41, 5.74) is 6.67. The molecule has 19 heavy (non-hydrogen) atoms. The van der Waals surface area contributed by atoms with E-state index in [1.807, 2.05) is 18.2 Å². The minimum absolute atomic E-state index is 0.0287. The maximum atomic E-state index is 5.91. The second-order valence-electron chi connectivity index (χ2n) is 5.53. The highest BCUT2D eigenvalue weighted by Gasteiger charge is 2.32. The van der Waals surface area contributed by atoms with E-state index in [1.165, 1.54) is 0 Å². The van der Waals surface area contributed by atoms with Crippen LogP contribution in [0.25, 0.3) is 0 Å². The molecule has 1 aromatic rings. The van der Waals surface area contributed by atoms with Gasteiger partial charge in [0.2, 0.25) is 0 Å². The molecule has 1 unspecified atom stereocenters. The molecule has 1 heterocycles. The summed E-state index contributed by atoms with van der Waals surface area (Å²) in [7, 11) is 1.64. The average Bonchev–Trinajstić information content (AvgIpc) is 2.75. The Balaban J connectivity index is 1.98. The van der Waals surface area contributed by atoms with Crippen molar-refractivity contribution in [2.24, 2.45) is 5.73 Å². The fraction of sp³-hybridized carbons (Fsp3) is 0.600. The Kier molecular flexibility index (Phi) is 4.32. The largest absolute Gasteiger partial charge is 0.497 e. The van der Waals surface area contributed by atoms with Crippen molar-refractivity contribution in [3.63, 3.8) is 0 Å². The monoisotopic (exact) mass is 265 g/mol. The van der Waals surface area contributed by atoms with Crippen molar-refractivity contribution in [1.29, 1.82) is 0 Å². The normalized spacial score (nSPS) is 21.4. The third-order valence-corrected chi connectivity index (χ3v) is 3.47. The molecule has 1 aliphatic heterocycles. The van der Waals surface area contributed by atoms with Crippen molar-refractivity contribution < 1.29 is 14.2 Å². The third kappa shape index (κ3) is 3.61. The Bertz CT molecular complexity index is 431. The summed E-state index contributed by atoms with van der Waals surface area (Å²) in [6.07, 6.45) is 2.27. The van der Waals surface area contributed by atoms with E-state index in [-0.39, 0.29) is 11.7 Å². The van der Waals surface area contributed by atoms with Crippen LogP contribution in [-0.2, 0) is 11.3 Å². The van der Waals surface area contributed by atoms with E-state index in [2.05, 4.69) is 13.8 Å². The smallest absolute Gasteiger partial charge is 0.127 e. The van der Waals surface area contributed by atoms with E-state index in [4.69, 9.17) is 19.9 Å². The summed E-state index contributed by atoms with van der Waals surface area (Å²) in [6, 6.07) is 5.71. The molecule has 0 spiro atoms. The van der Waals surface area contributed by atoms with E-state index in [9.17, 15) is 0 Å². The molecular formula is C15H23NO3. The molecule has 0 amide bonds. The second kappa shape index (κ2) is 5.80. The number of methoxy groups -OCH3 is 1. The van der Waals surface area contributed by atoms with Gasteiger partial charge in [0.15, 0.2) is 0 Å². The van der Waals surface area contributed by atoms with Crippen LogP contribution in [0.4, 0.5) is 0 Å². The van der Waals surface area contributed by atoms with Gasteiger partial charge in [-0.3, -0.25) is 0 Å². The molecule has 0 radical (unpaired) electrons. The van der Waals surface area contributed by atoms with E-state index in [1.54, 1.807) is 7.11 Å². The molecule has 1 atom stereocenters. The predicted molar refractivity (Wildman–Crippen MR) is 74.6 cm³/mol. The van der Waals surface area contributed by atoms with Crippen LogP contribution in [0, 0.1) is 0 Å².